The fourth-order valence-electron chi connectivity index (χ4n) is 1.57. The molecule has 1 aromatic rings. The highest BCUT2D eigenvalue weighted by molar-refractivity contribution is 5.78. The number of hydrogen-bond acceptors (Lipinski definition) is 4. The molecule has 0 amide bonds. The van der Waals surface area contributed by atoms with Crippen LogP contribution in [0.1, 0.15) is 11.7 Å². The van der Waals surface area contributed by atoms with Gasteiger partial charge in [0, 0.05) is 0 Å². The maximum absolute atomic E-state index is 10.9. The van der Waals surface area contributed by atoms with E-state index >= 15 is 0 Å². The van der Waals surface area contributed by atoms with Gasteiger partial charge in [-0.1, -0.05) is 12.1 Å². The molecule has 1 aliphatic heterocycles. The minimum Gasteiger partial charge on any atom is -0.497 e. The summed E-state index contributed by atoms with van der Waals surface area (Å²) in [6.45, 7) is 0. The summed E-state index contributed by atoms with van der Waals surface area (Å²) < 4.78 is 10.2. The number of carboxylic acids is 1. The molecule has 0 aliphatic carbocycles. The molecule has 1 aromatic carbocycles. The third-order valence-electron chi connectivity index (χ3n) is 2.41. The second-order valence-corrected chi connectivity index (χ2v) is 3.37. The van der Waals surface area contributed by atoms with Gasteiger partial charge in [-0.05, 0) is 17.7 Å². The Morgan fingerprint density at radius 2 is 2.12 bits per heavy atom. The molecule has 5 heteroatoms. The number of hydrogen-bond donors (Lipinski definition) is 1. The molecule has 0 fully saturated rings. The van der Waals surface area contributed by atoms with E-state index in [1.165, 1.54) is 6.40 Å². The van der Waals surface area contributed by atoms with Gasteiger partial charge in [0.25, 0.3) is 0 Å². The molecular weight excluding hydrogens is 210 g/mol. The number of carbonyl (C=O) groups is 1. The zero-order valence-corrected chi connectivity index (χ0v) is 8.66. The van der Waals surface area contributed by atoms with E-state index < -0.39 is 18.1 Å². The topological polar surface area (TPSA) is 68.1 Å². The molecule has 2 unspecified atom stereocenters. The summed E-state index contributed by atoms with van der Waals surface area (Å²) in [5, 5.41) is 8.93. The van der Waals surface area contributed by atoms with Gasteiger partial charge in [0.2, 0.25) is 0 Å². The largest absolute Gasteiger partial charge is 0.497 e. The van der Waals surface area contributed by atoms with E-state index in [1.807, 2.05) is 0 Å². The molecule has 0 aromatic heterocycles. The number of benzene rings is 1. The molecule has 1 aliphatic rings. The zero-order chi connectivity index (χ0) is 11.5. The van der Waals surface area contributed by atoms with E-state index in [0.717, 1.165) is 11.3 Å². The van der Waals surface area contributed by atoms with Gasteiger partial charge in [-0.15, -0.1) is 0 Å². The summed E-state index contributed by atoms with van der Waals surface area (Å²) >= 11 is 0. The van der Waals surface area contributed by atoms with E-state index in [-0.39, 0.29) is 0 Å². The van der Waals surface area contributed by atoms with Crippen molar-refractivity contribution < 1.29 is 19.4 Å². The Labute approximate surface area is 92.3 Å². The number of aliphatic imine (C=N–C) groups is 1. The van der Waals surface area contributed by atoms with Crippen molar-refractivity contribution in [3.8, 4) is 5.75 Å². The third kappa shape index (κ3) is 1.84. The fourth-order valence-corrected chi connectivity index (χ4v) is 1.57. The van der Waals surface area contributed by atoms with Gasteiger partial charge < -0.3 is 14.6 Å². The van der Waals surface area contributed by atoms with E-state index in [1.54, 1.807) is 31.4 Å². The van der Waals surface area contributed by atoms with Crippen LogP contribution in [0.5, 0.6) is 5.75 Å². The SMILES string of the molecule is COc1ccc(C2OC=NC2C(=O)O)cc1. The first kappa shape index (κ1) is 10.5. The second kappa shape index (κ2) is 4.22. The molecule has 0 bridgehead atoms. The lowest BCUT2D eigenvalue weighted by molar-refractivity contribution is -0.140. The molecule has 2 rings (SSSR count). The smallest absolute Gasteiger partial charge is 0.332 e. The predicted octanol–water partition coefficient (Wildman–Crippen LogP) is 1.25. The van der Waals surface area contributed by atoms with E-state index in [9.17, 15) is 4.79 Å². The van der Waals surface area contributed by atoms with E-state index in [4.69, 9.17) is 14.6 Å². The lowest BCUT2D eigenvalue weighted by Gasteiger charge is -2.14. The average Bonchev–Trinajstić information content (AvgIpc) is 2.78. The van der Waals surface area contributed by atoms with Crippen molar-refractivity contribution >= 4 is 12.4 Å². The van der Waals surface area contributed by atoms with Crippen molar-refractivity contribution in [1.29, 1.82) is 0 Å². The lowest BCUT2D eigenvalue weighted by Crippen LogP contribution is -2.23. The average molecular weight is 221 g/mol. The molecule has 1 heterocycles. The van der Waals surface area contributed by atoms with Crippen LogP contribution >= 0.6 is 0 Å². The Hall–Kier alpha value is -2.04. The van der Waals surface area contributed by atoms with Crippen LogP contribution in [0.15, 0.2) is 29.3 Å². The van der Waals surface area contributed by atoms with Gasteiger partial charge >= 0.3 is 5.97 Å². The van der Waals surface area contributed by atoms with Crippen molar-refractivity contribution in [2.45, 2.75) is 12.1 Å². The molecule has 1 N–H and O–H groups in total. The van der Waals surface area contributed by atoms with Crippen molar-refractivity contribution in [2.24, 2.45) is 4.99 Å². The first-order valence-corrected chi connectivity index (χ1v) is 4.76. The first-order chi connectivity index (χ1) is 7.72. The normalized spacial score (nSPS) is 22.8. The molecule has 0 saturated carbocycles. The molecule has 2 atom stereocenters. The maximum Gasteiger partial charge on any atom is 0.332 e. The Morgan fingerprint density at radius 1 is 1.44 bits per heavy atom. The summed E-state index contributed by atoms with van der Waals surface area (Å²) in [7, 11) is 1.57. The summed E-state index contributed by atoms with van der Waals surface area (Å²) in [4.78, 5) is 14.6. The monoisotopic (exact) mass is 221 g/mol. The van der Waals surface area contributed by atoms with Gasteiger partial charge in [0.15, 0.2) is 18.5 Å². The van der Waals surface area contributed by atoms with Crippen molar-refractivity contribution in [1.82, 2.24) is 0 Å². The van der Waals surface area contributed by atoms with Crippen LogP contribution < -0.4 is 4.74 Å². The van der Waals surface area contributed by atoms with Crippen molar-refractivity contribution in [2.75, 3.05) is 7.11 Å². The number of ether oxygens (including phenoxy) is 2. The third-order valence-corrected chi connectivity index (χ3v) is 2.41. The first-order valence-electron chi connectivity index (χ1n) is 4.76. The highest BCUT2D eigenvalue weighted by Crippen LogP contribution is 2.28. The van der Waals surface area contributed by atoms with Gasteiger partial charge in [0.1, 0.15) is 5.75 Å². The number of aliphatic carboxylic acids is 1. The summed E-state index contributed by atoms with van der Waals surface area (Å²) in [6, 6.07) is 6.20. The Kier molecular flexibility index (Phi) is 2.76. The predicted molar refractivity (Wildman–Crippen MR) is 56.7 cm³/mol. The Balaban J connectivity index is 2.20. The Bertz CT molecular complexity index is 412. The van der Waals surface area contributed by atoms with Crippen molar-refractivity contribution in [3.63, 3.8) is 0 Å². The minimum absolute atomic E-state index is 0.552. The standard InChI is InChI=1S/C11H11NO4/c1-15-8-4-2-7(3-5-8)10-9(11(13)14)12-6-16-10/h2-6,9-10H,1H3,(H,13,14). The molecule has 84 valence electrons. The number of nitrogens with zero attached hydrogens (tertiary/aromatic N) is 1. The van der Waals surface area contributed by atoms with Gasteiger partial charge in [-0.3, -0.25) is 0 Å². The number of rotatable bonds is 3. The highest BCUT2D eigenvalue weighted by Gasteiger charge is 2.33. The highest BCUT2D eigenvalue weighted by atomic mass is 16.5. The quantitative estimate of drug-likeness (QED) is 0.834. The molecule has 0 spiro atoms. The zero-order valence-electron chi connectivity index (χ0n) is 8.66. The molecule has 5 nitrogen and oxygen atoms in total. The lowest BCUT2D eigenvalue weighted by atomic mass is 10.0. The molecular formula is C11H11NO4. The number of methoxy groups -OCH3 is 1. The summed E-state index contributed by atoms with van der Waals surface area (Å²) in [5.74, 6) is -0.274. The fraction of sp³-hybridized carbons (Fsp3) is 0.273. The van der Waals surface area contributed by atoms with Crippen LogP contribution in [0.25, 0.3) is 0 Å². The van der Waals surface area contributed by atoms with Gasteiger partial charge in [-0.2, -0.15) is 0 Å². The van der Waals surface area contributed by atoms with Gasteiger partial charge in [0.05, 0.1) is 7.11 Å². The van der Waals surface area contributed by atoms with E-state index in [0.29, 0.717) is 0 Å². The van der Waals surface area contributed by atoms with Crippen LogP contribution in [-0.2, 0) is 9.53 Å². The maximum atomic E-state index is 10.9. The van der Waals surface area contributed by atoms with Crippen LogP contribution in [-0.4, -0.2) is 30.6 Å². The molecule has 0 radical (unpaired) electrons. The van der Waals surface area contributed by atoms with Crippen LogP contribution in [0, 0.1) is 0 Å². The van der Waals surface area contributed by atoms with Crippen LogP contribution in [0.3, 0.4) is 0 Å². The summed E-state index contributed by atoms with van der Waals surface area (Å²) in [5.41, 5.74) is 0.769. The molecule has 16 heavy (non-hydrogen) atoms. The van der Waals surface area contributed by atoms with Crippen LogP contribution in [0.4, 0.5) is 0 Å². The summed E-state index contributed by atoms with van der Waals surface area (Å²) in [6.07, 6.45) is 0.636. The van der Waals surface area contributed by atoms with Gasteiger partial charge in [-0.25, -0.2) is 9.79 Å². The second-order valence-electron chi connectivity index (χ2n) is 3.37. The van der Waals surface area contributed by atoms with Crippen molar-refractivity contribution in [3.05, 3.63) is 29.8 Å². The minimum atomic E-state index is -0.991. The number of carboxylic acid groups (broad SMARTS) is 1. The molecule has 0 saturated heterocycles. The van der Waals surface area contributed by atoms with Crippen LogP contribution in [0.2, 0.25) is 0 Å². The van der Waals surface area contributed by atoms with E-state index in [2.05, 4.69) is 4.99 Å². The Morgan fingerprint density at radius 3 is 2.69 bits per heavy atom.